The Morgan fingerprint density at radius 2 is 1.81 bits per heavy atom. The van der Waals surface area contributed by atoms with Gasteiger partial charge in [0, 0.05) is 75.6 Å². The van der Waals surface area contributed by atoms with Crippen LogP contribution in [0.15, 0.2) is 48.8 Å². The van der Waals surface area contributed by atoms with Crippen molar-refractivity contribution in [3.05, 3.63) is 65.6 Å². The van der Waals surface area contributed by atoms with Gasteiger partial charge in [0.1, 0.15) is 6.54 Å². The van der Waals surface area contributed by atoms with E-state index in [0.717, 1.165) is 57.8 Å². The van der Waals surface area contributed by atoms with E-state index in [1.807, 2.05) is 17.3 Å². The van der Waals surface area contributed by atoms with Crippen LogP contribution in [0.1, 0.15) is 30.7 Å². The van der Waals surface area contributed by atoms with Gasteiger partial charge in [0.05, 0.1) is 11.7 Å². The number of amides is 1. The van der Waals surface area contributed by atoms with Crippen molar-refractivity contribution in [2.45, 2.75) is 45.9 Å². The summed E-state index contributed by atoms with van der Waals surface area (Å²) >= 11 is 0. The van der Waals surface area contributed by atoms with Crippen molar-refractivity contribution in [3.63, 3.8) is 0 Å². The highest BCUT2D eigenvalue weighted by Crippen LogP contribution is 2.31. The maximum atomic E-state index is 13.3. The van der Waals surface area contributed by atoms with Gasteiger partial charge < -0.3 is 9.47 Å². The van der Waals surface area contributed by atoms with Crippen LogP contribution >= 0.6 is 0 Å². The first-order chi connectivity index (χ1) is 15.6. The van der Waals surface area contributed by atoms with E-state index in [-0.39, 0.29) is 5.91 Å². The van der Waals surface area contributed by atoms with E-state index in [1.165, 1.54) is 22.2 Å². The van der Waals surface area contributed by atoms with Crippen LogP contribution < -0.4 is 0 Å². The second-order valence-electron chi connectivity index (χ2n) is 9.36. The summed E-state index contributed by atoms with van der Waals surface area (Å²) in [6.07, 6.45) is 4.79. The maximum Gasteiger partial charge on any atom is 0.242 e. The van der Waals surface area contributed by atoms with Crippen LogP contribution in [0.3, 0.4) is 0 Å². The van der Waals surface area contributed by atoms with Gasteiger partial charge in [-0.25, -0.2) is 0 Å². The molecule has 6 heteroatoms. The molecule has 1 amide bonds. The Labute approximate surface area is 190 Å². The van der Waals surface area contributed by atoms with Crippen LogP contribution in [0, 0.1) is 0 Å². The minimum absolute atomic E-state index is 0.221. The fourth-order valence-electron chi connectivity index (χ4n) is 5.17. The van der Waals surface area contributed by atoms with E-state index in [2.05, 4.69) is 69.6 Å². The van der Waals surface area contributed by atoms with Gasteiger partial charge in [-0.05, 0) is 31.0 Å². The normalized spacial score (nSPS) is 17.8. The Morgan fingerprint density at radius 3 is 2.56 bits per heavy atom. The Morgan fingerprint density at radius 1 is 1.03 bits per heavy atom. The molecule has 6 nitrogen and oxygen atoms in total. The Hall–Kier alpha value is -2.70. The van der Waals surface area contributed by atoms with Crippen molar-refractivity contribution in [1.82, 2.24) is 24.3 Å². The second-order valence-corrected chi connectivity index (χ2v) is 9.36. The molecule has 0 atom stereocenters. The maximum absolute atomic E-state index is 13.3. The van der Waals surface area contributed by atoms with E-state index in [4.69, 9.17) is 0 Å². The fourth-order valence-corrected chi connectivity index (χ4v) is 5.17. The van der Waals surface area contributed by atoms with Gasteiger partial charge in [0.15, 0.2) is 0 Å². The molecule has 2 aromatic heterocycles. The lowest BCUT2D eigenvalue weighted by Crippen LogP contribution is -2.49. The molecule has 0 saturated carbocycles. The number of aromatic nitrogens is 2. The quantitative estimate of drug-likeness (QED) is 0.623. The highest BCUT2D eigenvalue weighted by atomic mass is 16.2. The van der Waals surface area contributed by atoms with Crippen LogP contribution in [0.25, 0.3) is 10.9 Å². The van der Waals surface area contributed by atoms with Crippen molar-refractivity contribution < 1.29 is 4.79 Å². The number of piperazine rings is 1. The second kappa shape index (κ2) is 9.04. The van der Waals surface area contributed by atoms with Gasteiger partial charge in [-0.2, -0.15) is 0 Å². The molecule has 0 bridgehead atoms. The minimum atomic E-state index is 0.221. The molecule has 0 unspecified atom stereocenters. The molecule has 1 aromatic carbocycles. The van der Waals surface area contributed by atoms with E-state index < -0.39 is 0 Å². The van der Waals surface area contributed by atoms with E-state index in [1.54, 1.807) is 0 Å². The van der Waals surface area contributed by atoms with Crippen LogP contribution in [0.2, 0.25) is 0 Å². The van der Waals surface area contributed by atoms with Gasteiger partial charge in [-0.3, -0.25) is 19.6 Å². The summed E-state index contributed by atoms with van der Waals surface area (Å²) < 4.78 is 2.24. The molecule has 4 heterocycles. The molecule has 168 valence electrons. The van der Waals surface area contributed by atoms with Crippen molar-refractivity contribution in [1.29, 1.82) is 0 Å². The van der Waals surface area contributed by atoms with Crippen LogP contribution in [0.5, 0.6) is 0 Å². The number of rotatable bonds is 5. The summed E-state index contributed by atoms with van der Waals surface area (Å²) in [5, 5.41) is 1.25. The molecule has 0 radical (unpaired) electrons. The first kappa shape index (κ1) is 21.2. The number of nitrogens with zero attached hydrogens (tertiary/aromatic N) is 5. The number of carbonyl (C=O) groups excluding carboxylic acids is 1. The predicted octanol–water partition coefficient (Wildman–Crippen LogP) is 3.15. The highest BCUT2D eigenvalue weighted by Gasteiger charge is 2.28. The molecule has 2 aliphatic rings. The first-order valence-electron chi connectivity index (χ1n) is 11.8. The molecule has 2 aliphatic heterocycles. The molecule has 3 aromatic rings. The molecular weight excluding hydrogens is 398 g/mol. The van der Waals surface area contributed by atoms with E-state index in [0.29, 0.717) is 12.6 Å². The highest BCUT2D eigenvalue weighted by molar-refractivity contribution is 5.87. The lowest BCUT2D eigenvalue weighted by Gasteiger charge is -2.35. The topological polar surface area (TPSA) is 44.6 Å². The van der Waals surface area contributed by atoms with Crippen molar-refractivity contribution in [3.8, 4) is 0 Å². The molecular formula is C26H33N5O. The van der Waals surface area contributed by atoms with Crippen LogP contribution in [-0.4, -0.2) is 68.9 Å². The molecule has 5 rings (SSSR count). The standard InChI is InChI=1S/C26H33N5O/c1-20(2)30-11-9-24-23(18-30)22-8-10-27-16-25(22)31(24)19-26(32)29-14-12-28(13-15-29)17-21-6-4-3-5-7-21/h3-8,10,16,20H,9,11-15,17-19H2,1-2H3. The third kappa shape index (κ3) is 4.17. The fraction of sp³-hybridized carbons (Fsp3) is 0.462. The molecule has 0 spiro atoms. The van der Waals surface area contributed by atoms with Crippen molar-refractivity contribution >= 4 is 16.8 Å². The van der Waals surface area contributed by atoms with Crippen LogP contribution in [0.4, 0.5) is 0 Å². The van der Waals surface area contributed by atoms with Gasteiger partial charge in [-0.1, -0.05) is 30.3 Å². The number of hydrogen-bond donors (Lipinski definition) is 0. The SMILES string of the molecule is CC(C)N1CCc2c(c3ccncc3n2CC(=O)N2CCN(Cc3ccccc3)CC2)C1. The van der Waals surface area contributed by atoms with E-state index >= 15 is 0 Å². The average Bonchev–Trinajstić information content (AvgIpc) is 3.13. The number of pyridine rings is 1. The van der Waals surface area contributed by atoms with Gasteiger partial charge >= 0.3 is 0 Å². The summed E-state index contributed by atoms with van der Waals surface area (Å²) in [4.78, 5) is 24.7. The predicted molar refractivity (Wildman–Crippen MR) is 127 cm³/mol. The smallest absolute Gasteiger partial charge is 0.242 e. The van der Waals surface area contributed by atoms with Gasteiger partial charge in [-0.15, -0.1) is 0 Å². The number of hydrogen-bond acceptors (Lipinski definition) is 4. The lowest BCUT2D eigenvalue weighted by molar-refractivity contribution is -0.133. The molecule has 32 heavy (non-hydrogen) atoms. The zero-order chi connectivity index (χ0) is 22.1. The average molecular weight is 432 g/mol. The Balaban J connectivity index is 1.29. The molecule has 0 N–H and O–H groups in total. The third-order valence-electron chi connectivity index (χ3n) is 7.08. The number of fused-ring (bicyclic) bond motifs is 3. The summed E-state index contributed by atoms with van der Waals surface area (Å²) in [7, 11) is 0. The third-order valence-corrected chi connectivity index (χ3v) is 7.08. The lowest BCUT2D eigenvalue weighted by atomic mass is 10.0. The van der Waals surface area contributed by atoms with E-state index in [9.17, 15) is 4.79 Å². The van der Waals surface area contributed by atoms with Crippen LogP contribution in [-0.2, 0) is 30.8 Å². The largest absolute Gasteiger partial charge is 0.339 e. The summed E-state index contributed by atoms with van der Waals surface area (Å²) in [6, 6.07) is 13.2. The molecule has 0 aliphatic carbocycles. The first-order valence-corrected chi connectivity index (χ1v) is 11.8. The molecule has 1 fully saturated rings. The van der Waals surface area contributed by atoms with Gasteiger partial charge in [0.25, 0.3) is 0 Å². The Kier molecular flexibility index (Phi) is 5.98. The van der Waals surface area contributed by atoms with Crippen molar-refractivity contribution in [2.75, 3.05) is 32.7 Å². The number of benzene rings is 1. The number of carbonyl (C=O) groups is 1. The minimum Gasteiger partial charge on any atom is -0.339 e. The van der Waals surface area contributed by atoms with Gasteiger partial charge in [0.2, 0.25) is 5.91 Å². The Bertz CT molecular complexity index is 1080. The summed E-state index contributed by atoms with van der Waals surface area (Å²) in [6.45, 7) is 11.3. The summed E-state index contributed by atoms with van der Waals surface area (Å²) in [5.41, 5.74) is 5.13. The zero-order valence-corrected chi connectivity index (χ0v) is 19.2. The van der Waals surface area contributed by atoms with Crippen molar-refractivity contribution in [2.24, 2.45) is 0 Å². The molecule has 1 saturated heterocycles. The summed E-state index contributed by atoms with van der Waals surface area (Å²) in [5.74, 6) is 0.221. The zero-order valence-electron chi connectivity index (χ0n) is 19.2. The monoisotopic (exact) mass is 431 g/mol.